The van der Waals surface area contributed by atoms with Crippen molar-refractivity contribution in [3.63, 3.8) is 0 Å². The number of likely N-dealkylation sites (tertiary alicyclic amines) is 1. The van der Waals surface area contributed by atoms with E-state index in [2.05, 4.69) is 21.8 Å². The Morgan fingerprint density at radius 1 is 1.14 bits per heavy atom. The molecule has 0 spiro atoms. The van der Waals surface area contributed by atoms with E-state index in [1.165, 1.54) is 0 Å². The van der Waals surface area contributed by atoms with Gasteiger partial charge in [0.15, 0.2) is 5.78 Å². The lowest BCUT2D eigenvalue weighted by molar-refractivity contribution is -0.127. The number of hydrogen-bond acceptors (Lipinski definition) is 6. The molecular weight excluding hydrogens is 452 g/mol. The quantitative estimate of drug-likeness (QED) is 0.350. The van der Waals surface area contributed by atoms with Gasteiger partial charge in [-0.15, -0.1) is 0 Å². The number of piperidine rings is 1. The van der Waals surface area contributed by atoms with E-state index < -0.39 is 5.54 Å². The summed E-state index contributed by atoms with van der Waals surface area (Å²) >= 11 is 0. The zero-order valence-electron chi connectivity index (χ0n) is 19.8. The highest BCUT2D eigenvalue weighted by molar-refractivity contribution is 5.98. The fourth-order valence-electron chi connectivity index (χ4n) is 5.48. The van der Waals surface area contributed by atoms with Crippen LogP contribution in [0.2, 0.25) is 0 Å². The van der Waals surface area contributed by atoms with Gasteiger partial charge in [0.1, 0.15) is 28.4 Å². The highest BCUT2D eigenvalue weighted by atomic mass is 16.2. The number of anilines is 1. The van der Waals surface area contributed by atoms with Crippen molar-refractivity contribution in [3.8, 4) is 23.1 Å². The van der Waals surface area contributed by atoms with Crippen molar-refractivity contribution in [1.29, 1.82) is 0 Å². The first-order valence-corrected chi connectivity index (χ1v) is 11.9. The largest absolute Gasteiger partial charge is 0.382 e. The zero-order chi connectivity index (χ0) is 24.9. The minimum absolute atomic E-state index is 0.00586. The van der Waals surface area contributed by atoms with Crippen molar-refractivity contribution in [3.05, 3.63) is 78.1 Å². The molecule has 3 aromatic heterocycles. The number of carbonyl (C=O) groups excluding carboxylic acids is 2. The lowest BCUT2D eigenvalue weighted by Gasteiger charge is -2.25. The monoisotopic (exact) mass is 476 g/mol. The molecular formula is C28H24N6O2. The predicted molar refractivity (Wildman–Crippen MR) is 135 cm³/mol. The summed E-state index contributed by atoms with van der Waals surface area (Å²) in [5.74, 6) is 6.74. The van der Waals surface area contributed by atoms with Crippen molar-refractivity contribution >= 4 is 23.0 Å². The zero-order valence-corrected chi connectivity index (χ0v) is 19.8. The Morgan fingerprint density at radius 2 is 1.97 bits per heavy atom. The molecule has 1 aliphatic carbocycles. The number of nitrogen functional groups attached to an aromatic ring is 1. The van der Waals surface area contributed by atoms with E-state index in [0.717, 1.165) is 29.9 Å². The van der Waals surface area contributed by atoms with Crippen LogP contribution < -0.4 is 5.73 Å². The predicted octanol–water partition coefficient (Wildman–Crippen LogP) is 3.27. The first-order chi connectivity index (χ1) is 17.5. The van der Waals surface area contributed by atoms with E-state index in [1.807, 2.05) is 45.8 Å². The molecule has 1 saturated heterocycles. The number of ketones is 1. The van der Waals surface area contributed by atoms with Crippen LogP contribution in [-0.2, 0) is 16.8 Å². The number of rotatable bonds is 5. The average Bonchev–Trinajstić information content (AvgIpc) is 3.28. The van der Waals surface area contributed by atoms with E-state index in [1.54, 1.807) is 31.5 Å². The number of nitrogens with two attached hydrogens (primary N) is 1. The summed E-state index contributed by atoms with van der Waals surface area (Å²) in [7, 11) is 0. The third-order valence-electron chi connectivity index (χ3n) is 7.25. The average molecular weight is 477 g/mol. The van der Waals surface area contributed by atoms with Crippen LogP contribution in [0.25, 0.3) is 16.8 Å². The lowest BCUT2D eigenvalue weighted by atomic mass is 10.0. The first-order valence-electron chi connectivity index (χ1n) is 11.9. The third-order valence-corrected chi connectivity index (χ3v) is 7.25. The van der Waals surface area contributed by atoms with Crippen LogP contribution in [0, 0.1) is 17.8 Å². The topological polar surface area (TPSA) is 106 Å². The van der Waals surface area contributed by atoms with Crippen molar-refractivity contribution < 1.29 is 9.59 Å². The van der Waals surface area contributed by atoms with Crippen LogP contribution >= 0.6 is 0 Å². The molecule has 1 aromatic carbocycles. The number of fused-ring (bicyclic) bond motifs is 2. The maximum absolute atomic E-state index is 12.8. The van der Waals surface area contributed by atoms with Crippen molar-refractivity contribution in [2.24, 2.45) is 5.92 Å². The molecule has 2 atom stereocenters. The number of hydrogen-bond donors (Lipinski definition) is 1. The fourth-order valence-corrected chi connectivity index (χ4v) is 5.48. The standard InChI is InChI=1S/C28H24N6O2/c1-2-5-23(36)34-14-11-20-17-28(20,34)27-32-24(25-26(29)31-13-15-33(25)27)19-9-7-18(8-10-19)22(35)16-21-6-3-4-12-30-21/h3-4,6-10,12-13,15,20H,11,14,16-17H2,1H3,(H2,29,31). The molecule has 0 radical (unpaired) electrons. The molecule has 36 heavy (non-hydrogen) atoms. The van der Waals surface area contributed by atoms with E-state index in [4.69, 9.17) is 10.7 Å². The Morgan fingerprint density at radius 3 is 2.69 bits per heavy atom. The van der Waals surface area contributed by atoms with Gasteiger partial charge in [0.25, 0.3) is 5.91 Å². The molecule has 4 heterocycles. The van der Waals surface area contributed by atoms with Crippen LogP contribution in [-0.4, -0.2) is 42.5 Å². The fraction of sp³-hybridized carbons (Fsp3) is 0.250. The Bertz CT molecular complexity index is 1560. The molecule has 0 bridgehead atoms. The van der Waals surface area contributed by atoms with Crippen LogP contribution in [0.1, 0.15) is 41.6 Å². The number of pyridine rings is 1. The first kappa shape index (κ1) is 22.0. The summed E-state index contributed by atoms with van der Waals surface area (Å²) in [4.78, 5) is 41.0. The van der Waals surface area contributed by atoms with E-state index in [-0.39, 0.29) is 18.1 Å². The molecule has 8 heteroatoms. The minimum Gasteiger partial charge on any atom is -0.382 e. The smallest absolute Gasteiger partial charge is 0.299 e. The Kier molecular flexibility index (Phi) is 5.07. The molecule has 1 saturated carbocycles. The van der Waals surface area contributed by atoms with Gasteiger partial charge in [0.2, 0.25) is 0 Å². The number of Topliss-reactive ketones (excluding diaryl/α,β-unsaturated/α-hetero) is 1. The van der Waals surface area contributed by atoms with Crippen LogP contribution in [0.5, 0.6) is 0 Å². The van der Waals surface area contributed by atoms with Gasteiger partial charge < -0.3 is 10.6 Å². The van der Waals surface area contributed by atoms with Gasteiger partial charge in [-0.3, -0.25) is 19.0 Å². The summed E-state index contributed by atoms with van der Waals surface area (Å²) < 4.78 is 1.96. The van der Waals surface area contributed by atoms with Gasteiger partial charge in [-0.05, 0) is 43.7 Å². The van der Waals surface area contributed by atoms with Gasteiger partial charge in [-0.25, -0.2) is 9.97 Å². The molecule has 178 valence electrons. The maximum Gasteiger partial charge on any atom is 0.299 e. The molecule has 2 fully saturated rings. The van der Waals surface area contributed by atoms with E-state index in [9.17, 15) is 9.59 Å². The van der Waals surface area contributed by atoms with Crippen LogP contribution in [0.4, 0.5) is 5.82 Å². The number of benzene rings is 1. The number of aromatic nitrogens is 4. The molecule has 1 amide bonds. The van der Waals surface area contributed by atoms with Gasteiger partial charge >= 0.3 is 0 Å². The lowest BCUT2D eigenvalue weighted by Crippen LogP contribution is -2.38. The Hall–Kier alpha value is -4.51. The Labute approximate surface area is 208 Å². The summed E-state index contributed by atoms with van der Waals surface area (Å²) in [5.41, 5.74) is 9.39. The number of carbonyl (C=O) groups is 2. The van der Waals surface area contributed by atoms with E-state index in [0.29, 0.717) is 35.1 Å². The third kappa shape index (κ3) is 3.35. The molecule has 8 nitrogen and oxygen atoms in total. The summed E-state index contributed by atoms with van der Waals surface area (Å²) in [6, 6.07) is 12.9. The van der Waals surface area contributed by atoms with Gasteiger partial charge in [0.05, 0.1) is 6.42 Å². The van der Waals surface area contributed by atoms with Crippen LogP contribution in [0.15, 0.2) is 61.1 Å². The van der Waals surface area contributed by atoms with Gasteiger partial charge in [0, 0.05) is 42.0 Å². The van der Waals surface area contributed by atoms with E-state index >= 15 is 0 Å². The number of nitrogens with zero attached hydrogens (tertiary/aromatic N) is 5. The summed E-state index contributed by atoms with van der Waals surface area (Å²) in [6.07, 6.45) is 7.20. The number of amides is 1. The van der Waals surface area contributed by atoms with Crippen molar-refractivity contribution in [2.45, 2.75) is 31.7 Å². The molecule has 2 unspecified atom stereocenters. The highest BCUT2D eigenvalue weighted by Crippen LogP contribution is 2.62. The summed E-state index contributed by atoms with van der Waals surface area (Å²) in [5, 5.41) is 0. The summed E-state index contributed by atoms with van der Waals surface area (Å²) in [6.45, 7) is 2.33. The number of imidazole rings is 1. The second-order valence-corrected chi connectivity index (χ2v) is 9.26. The van der Waals surface area contributed by atoms with Crippen molar-refractivity contribution in [1.82, 2.24) is 24.3 Å². The highest BCUT2D eigenvalue weighted by Gasteiger charge is 2.66. The van der Waals surface area contributed by atoms with Gasteiger partial charge in [-0.1, -0.05) is 36.3 Å². The maximum atomic E-state index is 12.8. The molecule has 1 aliphatic heterocycles. The molecule has 2 aliphatic rings. The molecule has 4 aromatic rings. The minimum atomic E-state index is -0.478. The molecule has 6 rings (SSSR count). The van der Waals surface area contributed by atoms with Gasteiger partial charge in [-0.2, -0.15) is 0 Å². The van der Waals surface area contributed by atoms with Crippen molar-refractivity contribution in [2.75, 3.05) is 12.3 Å². The normalized spacial score (nSPS) is 20.0. The Balaban J connectivity index is 1.39. The second kappa shape index (κ2) is 8.31. The van der Waals surface area contributed by atoms with Crippen LogP contribution in [0.3, 0.4) is 0 Å². The molecule has 2 N–H and O–H groups in total. The SMILES string of the molecule is CC#CC(=O)N1CCC2CC21c1nc(-c2ccc(C(=O)Cc3ccccn3)cc2)c2c(N)nccn12. The second-order valence-electron chi connectivity index (χ2n) is 9.26.